The third-order valence-corrected chi connectivity index (χ3v) is 8.18. The molecule has 2 N–H and O–H groups in total. The van der Waals surface area contributed by atoms with Gasteiger partial charge in [0.25, 0.3) is 5.91 Å². The fourth-order valence-electron chi connectivity index (χ4n) is 5.80. The lowest BCUT2D eigenvalue weighted by Gasteiger charge is -2.42. The van der Waals surface area contributed by atoms with Gasteiger partial charge in [-0.3, -0.25) is 19.2 Å². The molecule has 37 heavy (non-hydrogen) atoms. The fourth-order valence-corrected chi connectivity index (χ4v) is 6.02. The molecule has 1 aromatic rings. The standard InChI is InChI=1S/C27H34ClN5O4/c1-16-11-23-27(37)33(15-16)19(14-29)13-17-12-18(30-24(17)34)7-3-6-10-22(26(36)32(23)2)31-25(35)20-8-4-5-9-21(20)28/h4-5,8-9,16-19,22-23H,3,6-7,10-13,15H2,1-2H3,(H,30,34)(H,31,35)/t16?,17-,18+,19-,22-,23-/m0/s1. The van der Waals surface area contributed by atoms with Gasteiger partial charge in [0.2, 0.25) is 17.7 Å². The van der Waals surface area contributed by atoms with E-state index < -0.39 is 24.0 Å². The number of likely N-dealkylation sites (N-methyl/N-ethyl adjacent to an activating group) is 1. The summed E-state index contributed by atoms with van der Waals surface area (Å²) >= 11 is 6.21. The van der Waals surface area contributed by atoms with Crippen LogP contribution >= 0.6 is 11.6 Å². The first-order chi connectivity index (χ1) is 17.7. The van der Waals surface area contributed by atoms with E-state index in [1.165, 1.54) is 4.90 Å². The Morgan fingerprint density at radius 2 is 1.84 bits per heavy atom. The smallest absolute Gasteiger partial charge is 0.253 e. The molecule has 0 aliphatic carbocycles. The van der Waals surface area contributed by atoms with Crippen LogP contribution in [-0.2, 0) is 14.4 Å². The minimum absolute atomic E-state index is 0.000224. The number of amides is 4. The number of carbonyl (C=O) groups is 4. The van der Waals surface area contributed by atoms with Crippen molar-refractivity contribution >= 4 is 35.2 Å². The maximum Gasteiger partial charge on any atom is 0.253 e. The van der Waals surface area contributed by atoms with E-state index in [4.69, 9.17) is 11.6 Å². The molecular weight excluding hydrogens is 494 g/mol. The number of hydrogen-bond acceptors (Lipinski definition) is 5. The normalized spacial score (nSPS) is 31.1. The third kappa shape index (κ3) is 5.90. The highest BCUT2D eigenvalue weighted by Crippen LogP contribution is 2.30. The summed E-state index contributed by atoms with van der Waals surface area (Å²) in [4.78, 5) is 55.9. The number of piperidine rings is 1. The average Bonchev–Trinajstić information content (AvgIpc) is 3.23. The van der Waals surface area contributed by atoms with Crippen LogP contribution in [-0.4, -0.2) is 71.2 Å². The van der Waals surface area contributed by atoms with Gasteiger partial charge in [-0.15, -0.1) is 0 Å². The van der Waals surface area contributed by atoms with Gasteiger partial charge in [0.15, 0.2) is 0 Å². The van der Waals surface area contributed by atoms with Gasteiger partial charge in [0, 0.05) is 25.6 Å². The van der Waals surface area contributed by atoms with Gasteiger partial charge in [-0.25, -0.2) is 0 Å². The molecule has 3 fully saturated rings. The van der Waals surface area contributed by atoms with Crippen LogP contribution in [0.2, 0.25) is 5.02 Å². The number of nitrogens with one attached hydrogen (secondary N) is 2. The second-order valence-electron chi connectivity index (χ2n) is 10.6. The van der Waals surface area contributed by atoms with Gasteiger partial charge in [-0.2, -0.15) is 5.26 Å². The second kappa shape index (κ2) is 11.5. The topological polar surface area (TPSA) is 123 Å². The van der Waals surface area contributed by atoms with Crippen LogP contribution in [0.15, 0.2) is 24.3 Å². The Hall–Kier alpha value is -3.12. The van der Waals surface area contributed by atoms with E-state index in [9.17, 15) is 24.4 Å². The van der Waals surface area contributed by atoms with Crippen LogP contribution < -0.4 is 10.6 Å². The number of carbonyl (C=O) groups excluding carboxylic acids is 4. The van der Waals surface area contributed by atoms with Crippen LogP contribution in [0, 0.1) is 23.2 Å². The first kappa shape index (κ1) is 26.9. The molecule has 3 heterocycles. The lowest BCUT2D eigenvalue weighted by atomic mass is 9.89. The highest BCUT2D eigenvalue weighted by atomic mass is 35.5. The Kier molecular flexibility index (Phi) is 8.38. The monoisotopic (exact) mass is 527 g/mol. The van der Waals surface area contributed by atoms with Gasteiger partial charge >= 0.3 is 0 Å². The highest BCUT2D eigenvalue weighted by molar-refractivity contribution is 6.33. The predicted octanol–water partition coefficient (Wildman–Crippen LogP) is 2.49. The van der Waals surface area contributed by atoms with Gasteiger partial charge in [-0.05, 0) is 50.2 Å². The Labute approximate surface area is 222 Å². The summed E-state index contributed by atoms with van der Waals surface area (Å²) in [5.41, 5.74) is 0.278. The molecule has 9 nitrogen and oxygen atoms in total. The third-order valence-electron chi connectivity index (χ3n) is 7.85. The van der Waals surface area contributed by atoms with Gasteiger partial charge < -0.3 is 20.4 Å². The van der Waals surface area contributed by atoms with E-state index in [-0.39, 0.29) is 47.6 Å². The maximum absolute atomic E-state index is 13.7. The van der Waals surface area contributed by atoms with Crippen molar-refractivity contribution in [1.82, 2.24) is 20.4 Å². The maximum atomic E-state index is 13.7. The minimum atomic E-state index is -0.838. The molecule has 3 aliphatic rings. The van der Waals surface area contributed by atoms with Crippen molar-refractivity contribution in [1.29, 1.82) is 5.26 Å². The van der Waals surface area contributed by atoms with Crippen LogP contribution in [0.4, 0.5) is 0 Å². The lowest BCUT2D eigenvalue weighted by molar-refractivity contribution is -0.151. The molecule has 1 aromatic carbocycles. The van der Waals surface area contributed by atoms with Crippen molar-refractivity contribution in [2.45, 2.75) is 76.0 Å². The lowest BCUT2D eigenvalue weighted by Crippen LogP contribution is -2.60. The molecule has 3 saturated heterocycles. The summed E-state index contributed by atoms with van der Waals surface area (Å²) in [6, 6.07) is 6.57. The van der Waals surface area contributed by atoms with Crippen molar-refractivity contribution in [3.63, 3.8) is 0 Å². The van der Waals surface area contributed by atoms with E-state index in [1.54, 1.807) is 36.2 Å². The summed E-state index contributed by atoms with van der Waals surface area (Å²) in [5, 5.41) is 16.1. The molecule has 4 bridgehead atoms. The van der Waals surface area contributed by atoms with E-state index in [2.05, 4.69) is 16.7 Å². The van der Waals surface area contributed by atoms with Crippen LogP contribution in [0.25, 0.3) is 0 Å². The second-order valence-corrected chi connectivity index (χ2v) is 11.0. The fraction of sp³-hybridized carbons (Fsp3) is 0.593. The van der Waals surface area contributed by atoms with Crippen molar-refractivity contribution in [2.75, 3.05) is 13.6 Å². The first-order valence-corrected chi connectivity index (χ1v) is 13.4. The number of benzene rings is 1. The predicted molar refractivity (Wildman–Crippen MR) is 137 cm³/mol. The van der Waals surface area contributed by atoms with Crippen molar-refractivity contribution < 1.29 is 19.2 Å². The van der Waals surface area contributed by atoms with Crippen molar-refractivity contribution in [3.8, 4) is 6.07 Å². The molecule has 198 valence electrons. The van der Waals surface area contributed by atoms with Gasteiger partial charge in [0.05, 0.1) is 16.7 Å². The molecule has 4 amide bonds. The Bertz CT molecular complexity index is 1100. The summed E-state index contributed by atoms with van der Waals surface area (Å²) in [7, 11) is 1.59. The zero-order valence-electron chi connectivity index (χ0n) is 21.3. The zero-order valence-corrected chi connectivity index (χ0v) is 22.0. The first-order valence-electron chi connectivity index (χ1n) is 13.0. The van der Waals surface area contributed by atoms with Gasteiger partial charge in [0.1, 0.15) is 18.1 Å². The Morgan fingerprint density at radius 1 is 1.11 bits per heavy atom. The number of nitrogens with zero attached hydrogens (tertiary/aromatic N) is 3. The Morgan fingerprint density at radius 3 is 2.57 bits per heavy atom. The molecule has 10 heteroatoms. The van der Waals surface area contributed by atoms with E-state index in [0.29, 0.717) is 37.3 Å². The largest absolute Gasteiger partial charge is 0.353 e. The molecule has 4 rings (SSSR count). The molecule has 0 saturated carbocycles. The van der Waals surface area contributed by atoms with Crippen LogP contribution in [0.1, 0.15) is 62.2 Å². The minimum Gasteiger partial charge on any atom is -0.353 e. The Balaban J connectivity index is 1.62. The number of halogens is 1. The number of rotatable bonds is 2. The van der Waals surface area contributed by atoms with Crippen LogP contribution in [0.3, 0.4) is 0 Å². The molecule has 1 unspecified atom stereocenters. The van der Waals surface area contributed by atoms with E-state index in [1.807, 2.05) is 6.92 Å². The van der Waals surface area contributed by atoms with E-state index >= 15 is 0 Å². The molecule has 6 atom stereocenters. The number of nitriles is 1. The summed E-state index contributed by atoms with van der Waals surface area (Å²) < 4.78 is 0. The summed E-state index contributed by atoms with van der Waals surface area (Å²) in [5.74, 6) is -1.40. The summed E-state index contributed by atoms with van der Waals surface area (Å²) in [6.07, 6.45) is 3.95. The van der Waals surface area contributed by atoms with Crippen LogP contribution in [0.5, 0.6) is 0 Å². The molecule has 0 radical (unpaired) electrons. The van der Waals surface area contributed by atoms with E-state index in [0.717, 1.165) is 12.8 Å². The quantitative estimate of drug-likeness (QED) is 0.611. The van der Waals surface area contributed by atoms with Crippen molar-refractivity contribution in [3.05, 3.63) is 34.9 Å². The SMILES string of the molecule is CC1C[C@H]2C(=O)N(C1)[C@H](C#N)C[C@@H]1C[C@@H](CCCC[C@H](NC(=O)c3ccccc3Cl)C(=O)N2C)NC1=O. The average molecular weight is 528 g/mol. The molecular formula is C27H34ClN5O4. The molecule has 3 aliphatic heterocycles. The van der Waals surface area contributed by atoms with Gasteiger partial charge in [-0.1, -0.05) is 43.5 Å². The highest BCUT2D eigenvalue weighted by Gasteiger charge is 2.43. The zero-order chi connectivity index (χ0) is 26.7. The number of fused-ring (bicyclic) bond motifs is 4. The summed E-state index contributed by atoms with van der Waals surface area (Å²) in [6.45, 7) is 2.39. The molecule has 0 aromatic heterocycles. The number of hydrogen-bond donors (Lipinski definition) is 2. The van der Waals surface area contributed by atoms with Crippen molar-refractivity contribution in [2.24, 2.45) is 11.8 Å². The molecule has 0 spiro atoms.